The van der Waals surface area contributed by atoms with E-state index in [1.807, 2.05) is 0 Å². The summed E-state index contributed by atoms with van der Waals surface area (Å²) in [4.78, 5) is 5.57. The normalized spacial score (nSPS) is 12.6. The quantitative estimate of drug-likeness (QED) is 0.157. The minimum Gasteiger partial charge on any atom is -0.309 e. The van der Waals surface area contributed by atoms with Gasteiger partial charge in [0.25, 0.3) is 0 Å². The molecule has 12 rings (SSSR count). The molecule has 0 saturated carbocycles. The maximum Gasteiger partial charge on any atom is 0.0722 e. The Bertz CT molecular complexity index is 3330. The van der Waals surface area contributed by atoms with Gasteiger partial charge in [0, 0.05) is 27.6 Å². The maximum atomic E-state index is 5.57. The van der Waals surface area contributed by atoms with Crippen LogP contribution in [0, 0.1) is 0 Å². The predicted octanol–water partition coefficient (Wildman–Crippen LogP) is 15.2. The molecule has 0 atom stereocenters. The molecule has 2 nitrogen and oxygen atoms in total. The lowest BCUT2D eigenvalue weighted by atomic mass is 9.67. The maximum absolute atomic E-state index is 5.57. The lowest BCUT2D eigenvalue weighted by molar-refractivity contribution is 0.769. The van der Waals surface area contributed by atoms with Crippen molar-refractivity contribution in [1.29, 1.82) is 0 Å². The molecule has 0 amide bonds. The van der Waals surface area contributed by atoms with Crippen LogP contribution in [0.3, 0.4) is 0 Å². The Morgan fingerprint density at radius 1 is 0.306 bits per heavy atom. The van der Waals surface area contributed by atoms with Crippen molar-refractivity contribution >= 4 is 21.8 Å². The molecule has 2 heteroatoms. The number of pyridine rings is 1. The van der Waals surface area contributed by atoms with Gasteiger partial charge in [0.05, 0.1) is 27.8 Å². The summed E-state index contributed by atoms with van der Waals surface area (Å²) in [7, 11) is 0. The molecule has 1 aliphatic carbocycles. The Balaban J connectivity index is 1.20. The van der Waals surface area contributed by atoms with Gasteiger partial charge in [0.1, 0.15) is 0 Å². The molecule has 0 saturated heterocycles. The van der Waals surface area contributed by atoms with Crippen LogP contribution in [-0.4, -0.2) is 9.55 Å². The van der Waals surface area contributed by atoms with Crippen molar-refractivity contribution in [3.8, 4) is 61.6 Å². The van der Waals surface area contributed by atoms with Crippen LogP contribution in [0.15, 0.2) is 243 Å². The standard InChI is InChI=1S/C60H40N2/c1-6-20-41(21-7-1)44-37-56(42-22-8-2-9-23-42)61-57(38-44)52-39-51-48-30-16-18-32-54(48)60(45-24-10-3-11-25-45,46-26-12-4-13-27-46)55(51)40-50(52)43-34-35-59-53(36-43)49-31-17-19-33-58(49)62(59)47-28-14-5-15-29-47/h1-40H. The van der Waals surface area contributed by atoms with Gasteiger partial charge < -0.3 is 4.57 Å². The van der Waals surface area contributed by atoms with Gasteiger partial charge >= 0.3 is 0 Å². The Labute approximate surface area is 361 Å². The minimum atomic E-state index is -0.552. The molecule has 0 fully saturated rings. The third-order valence-electron chi connectivity index (χ3n) is 12.9. The molecule has 0 unspecified atom stereocenters. The van der Waals surface area contributed by atoms with Gasteiger partial charge in [0.2, 0.25) is 0 Å². The second kappa shape index (κ2) is 14.6. The molecule has 0 N–H and O–H groups in total. The van der Waals surface area contributed by atoms with E-state index in [0.29, 0.717) is 0 Å². The van der Waals surface area contributed by atoms with Crippen molar-refractivity contribution in [1.82, 2.24) is 9.55 Å². The summed E-state index contributed by atoms with van der Waals surface area (Å²) >= 11 is 0. The highest BCUT2D eigenvalue weighted by Gasteiger charge is 2.46. The smallest absolute Gasteiger partial charge is 0.0722 e. The summed E-state index contributed by atoms with van der Waals surface area (Å²) in [5, 5.41) is 2.44. The number of nitrogens with zero attached hydrogens (tertiary/aromatic N) is 2. The number of rotatable bonds is 7. The first-order chi connectivity index (χ1) is 30.8. The number of fused-ring (bicyclic) bond motifs is 6. The zero-order valence-corrected chi connectivity index (χ0v) is 34.0. The van der Waals surface area contributed by atoms with E-state index >= 15 is 0 Å². The average Bonchev–Trinajstić information content (AvgIpc) is 3.85. The van der Waals surface area contributed by atoms with Crippen LogP contribution in [0.5, 0.6) is 0 Å². The third-order valence-corrected chi connectivity index (χ3v) is 12.9. The summed E-state index contributed by atoms with van der Waals surface area (Å²) in [5.41, 5.74) is 19.1. The molecule has 0 bridgehead atoms. The Kier molecular flexibility index (Phi) is 8.43. The fraction of sp³-hybridized carbons (Fsp3) is 0.0167. The molecule has 0 spiro atoms. The van der Waals surface area contributed by atoms with E-state index in [4.69, 9.17) is 4.98 Å². The van der Waals surface area contributed by atoms with E-state index in [-0.39, 0.29) is 0 Å². The topological polar surface area (TPSA) is 17.8 Å². The van der Waals surface area contributed by atoms with Gasteiger partial charge in [-0.05, 0) is 110 Å². The summed E-state index contributed by atoms with van der Waals surface area (Å²) in [6.07, 6.45) is 0. The molecule has 11 aromatic rings. The fourth-order valence-corrected chi connectivity index (χ4v) is 10.2. The van der Waals surface area contributed by atoms with Gasteiger partial charge in [-0.3, -0.25) is 0 Å². The molecule has 290 valence electrons. The van der Waals surface area contributed by atoms with Gasteiger partial charge in [-0.15, -0.1) is 0 Å². The second-order valence-corrected chi connectivity index (χ2v) is 16.2. The van der Waals surface area contributed by atoms with Crippen LogP contribution in [0.4, 0.5) is 0 Å². The van der Waals surface area contributed by atoms with Crippen LogP contribution in [-0.2, 0) is 5.41 Å². The zero-order chi connectivity index (χ0) is 41.0. The van der Waals surface area contributed by atoms with E-state index in [1.54, 1.807) is 0 Å². The molecular weight excluding hydrogens is 749 g/mol. The predicted molar refractivity (Wildman–Crippen MR) is 258 cm³/mol. The highest BCUT2D eigenvalue weighted by atomic mass is 15.0. The largest absolute Gasteiger partial charge is 0.309 e. The average molecular weight is 789 g/mol. The lowest BCUT2D eigenvalue weighted by Crippen LogP contribution is -2.28. The van der Waals surface area contributed by atoms with Crippen LogP contribution < -0.4 is 0 Å². The van der Waals surface area contributed by atoms with Crippen molar-refractivity contribution in [2.45, 2.75) is 5.41 Å². The number of para-hydroxylation sites is 2. The van der Waals surface area contributed by atoms with Crippen LogP contribution in [0.2, 0.25) is 0 Å². The molecule has 1 aliphatic rings. The van der Waals surface area contributed by atoms with Crippen molar-refractivity contribution in [3.05, 3.63) is 265 Å². The van der Waals surface area contributed by atoms with Gasteiger partial charge in [-0.2, -0.15) is 0 Å². The van der Waals surface area contributed by atoms with Crippen molar-refractivity contribution in [3.63, 3.8) is 0 Å². The van der Waals surface area contributed by atoms with E-state index in [1.165, 1.54) is 55.2 Å². The Morgan fingerprint density at radius 2 is 0.871 bits per heavy atom. The number of benzene rings is 9. The van der Waals surface area contributed by atoms with Gasteiger partial charge in [-0.1, -0.05) is 188 Å². The second-order valence-electron chi connectivity index (χ2n) is 16.2. The van der Waals surface area contributed by atoms with Gasteiger partial charge in [-0.25, -0.2) is 4.98 Å². The molecular formula is C60H40N2. The molecule has 0 aliphatic heterocycles. The third kappa shape index (κ3) is 5.61. The highest BCUT2D eigenvalue weighted by molar-refractivity contribution is 6.11. The molecule has 2 aromatic heterocycles. The summed E-state index contributed by atoms with van der Waals surface area (Å²) < 4.78 is 2.39. The Hall–Kier alpha value is -8.07. The van der Waals surface area contributed by atoms with E-state index in [2.05, 4.69) is 247 Å². The minimum absolute atomic E-state index is 0.552. The Morgan fingerprint density at radius 3 is 1.58 bits per heavy atom. The van der Waals surface area contributed by atoms with Crippen LogP contribution in [0.25, 0.3) is 83.4 Å². The van der Waals surface area contributed by atoms with Gasteiger partial charge in [0.15, 0.2) is 0 Å². The summed E-state index contributed by atoms with van der Waals surface area (Å²) in [6, 6.07) is 88.4. The van der Waals surface area contributed by atoms with E-state index in [9.17, 15) is 0 Å². The lowest BCUT2D eigenvalue weighted by Gasteiger charge is -2.34. The molecule has 9 aromatic carbocycles. The van der Waals surface area contributed by atoms with E-state index in [0.717, 1.165) is 50.5 Å². The van der Waals surface area contributed by atoms with Crippen molar-refractivity contribution in [2.75, 3.05) is 0 Å². The SMILES string of the molecule is c1ccc(-c2cc(-c3ccccc3)nc(-c3cc4c(cc3-c3ccc5c(c3)c3ccccc3n5-c3ccccc3)C(c3ccccc3)(c3ccccc3)c3ccccc3-4)c2)cc1. The van der Waals surface area contributed by atoms with Crippen molar-refractivity contribution < 1.29 is 0 Å². The molecule has 2 heterocycles. The number of hydrogen-bond donors (Lipinski definition) is 0. The first-order valence-corrected chi connectivity index (χ1v) is 21.4. The highest BCUT2D eigenvalue weighted by Crippen LogP contribution is 2.58. The fourth-order valence-electron chi connectivity index (χ4n) is 10.2. The first-order valence-electron chi connectivity index (χ1n) is 21.4. The molecule has 0 radical (unpaired) electrons. The first kappa shape index (κ1) is 35.8. The molecule has 62 heavy (non-hydrogen) atoms. The van der Waals surface area contributed by atoms with Crippen LogP contribution >= 0.6 is 0 Å². The summed E-state index contributed by atoms with van der Waals surface area (Å²) in [5.74, 6) is 0. The van der Waals surface area contributed by atoms with Crippen molar-refractivity contribution in [2.24, 2.45) is 0 Å². The van der Waals surface area contributed by atoms with Crippen LogP contribution in [0.1, 0.15) is 22.3 Å². The number of aromatic nitrogens is 2. The van der Waals surface area contributed by atoms with E-state index < -0.39 is 5.41 Å². The monoisotopic (exact) mass is 788 g/mol. The zero-order valence-electron chi connectivity index (χ0n) is 34.0. The number of hydrogen-bond acceptors (Lipinski definition) is 1. The summed E-state index contributed by atoms with van der Waals surface area (Å²) in [6.45, 7) is 0.